The molecule has 1 saturated carbocycles. The van der Waals surface area contributed by atoms with Gasteiger partial charge in [0.1, 0.15) is 0 Å². The molecule has 1 N–H and O–H groups in total. The van der Waals surface area contributed by atoms with Crippen molar-refractivity contribution in [2.75, 3.05) is 47.3 Å². The molecule has 1 aliphatic carbocycles. The maximum absolute atomic E-state index is 13.1. The van der Waals surface area contributed by atoms with Crippen LogP contribution in [-0.2, 0) is 9.59 Å². The maximum Gasteiger partial charge on any atom is 0.317 e. The first kappa shape index (κ1) is 18.0. The molecule has 2 heterocycles. The largest absolute Gasteiger partial charge is 0.348 e. The van der Waals surface area contributed by atoms with Crippen molar-refractivity contribution in [2.24, 2.45) is 16.7 Å². The molecule has 140 valence electrons. The van der Waals surface area contributed by atoms with E-state index in [9.17, 15) is 14.4 Å². The van der Waals surface area contributed by atoms with Gasteiger partial charge in [-0.25, -0.2) is 4.79 Å². The van der Waals surface area contributed by atoms with Gasteiger partial charge in [-0.05, 0) is 37.0 Å². The molecular formula is C18H30N4O3. The third-order valence-electron chi connectivity index (χ3n) is 6.89. The van der Waals surface area contributed by atoms with E-state index in [-0.39, 0.29) is 29.2 Å². The summed E-state index contributed by atoms with van der Waals surface area (Å²) in [5.41, 5.74) is -0.370. The fourth-order valence-corrected chi connectivity index (χ4v) is 5.51. The summed E-state index contributed by atoms with van der Waals surface area (Å²) >= 11 is 0. The zero-order chi connectivity index (χ0) is 18.4. The molecule has 4 amide bonds. The second kappa shape index (κ2) is 6.18. The fourth-order valence-electron chi connectivity index (χ4n) is 5.51. The van der Waals surface area contributed by atoms with Crippen molar-refractivity contribution in [1.82, 2.24) is 20.0 Å². The highest BCUT2D eigenvalue weighted by Crippen LogP contribution is 2.62. The number of urea groups is 1. The van der Waals surface area contributed by atoms with Gasteiger partial charge < -0.3 is 20.0 Å². The Balaban J connectivity index is 1.86. The zero-order valence-electron chi connectivity index (χ0n) is 15.8. The van der Waals surface area contributed by atoms with E-state index in [1.165, 1.54) is 0 Å². The number of carbonyl (C=O) groups is 3. The number of likely N-dealkylation sites (tertiary alicyclic amines) is 2. The Morgan fingerprint density at radius 3 is 2.20 bits per heavy atom. The minimum atomic E-state index is -0.440. The Labute approximate surface area is 149 Å². The zero-order valence-corrected chi connectivity index (χ0v) is 15.8. The van der Waals surface area contributed by atoms with Crippen LogP contribution in [0, 0.1) is 16.7 Å². The number of hydrogen-bond donors (Lipinski definition) is 1. The van der Waals surface area contributed by atoms with Crippen LogP contribution in [0.2, 0.25) is 0 Å². The molecule has 2 saturated heterocycles. The van der Waals surface area contributed by atoms with Gasteiger partial charge in [-0.1, -0.05) is 0 Å². The molecule has 3 rings (SSSR count). The number of amides is 4. The number of nitrogens with zero attached hydrogens (tertiary/aromatic N) is 3. The molecular weight excluding hydrogens is 320 g/mol. The van der Waals surface area contributed by atoms with Crippen molar-refractivity contribution in [3.05, 3.63) is 0 Å². The molecule has 25 heavy (non-hydrogen) atoms. The summed E-state index contributed by atoms with van der Waals surface area (Å²) in [5.74, 6) is 0.413. The molecule has 2 aliphatic heterocycles. The molecule has 3 aliphatic rings. The molecule has 0 aromatic heterocycles. The minimum absolute atomic E-state index is 0.0275. The molecule has 3 fully saturated rings. The van der Waals surface area contributed by atoms with Crippen molar-refractivity contribution in [2.45, 2.75) is 32.6 Å². The van der Waals surface area contributed by atoms with E-state index >= 15 is 0 Å². The van der Waals surface area contributed by atoms with Crippen LogP contribution in [0.15, 0.2) is 0 Å². The summed E-state index contributed by atoms with van der Waals surface area (Å²) in [6.07, 6.45) is 3.70. The highest BCUT2D eigenvalue weighted by Gasteiger charge is 2.65. The lowest BCUT2D eigenvalue weighted by Gasteiger charge is -2.44. The highest BCUT2D eigenvalue weighted by molar-refractivity contribution is 5.86. The fraction of sp³-hybridized carbons (Fsp3) is 0.833. The molecule has 0 aromatic rings. The Bertz CT molecular complexity index is 583. The Kier molecular flexibility index (Phi) is 4.45. The van der Waals surface area contributed by atoms with Crippen molar-refractivity contribution in [3.8, 4) is 0 Å². The van der Waals surface area contributed by atoms with Gasteiger partial charge in [-0.2, -0.15) is 0 Å². The molecule has 1 spiro atoms. The van der Waals surface area contributed by atoms with Crippen LogP contribution in [0.4, 0.5) is 4.79 Å². The number of hydrogen-bond acceptors (Lipinski definition) is 3. The summed E-state index contributed by atoms with van der Waals surface area (Å²) in [4.78, 5) is 42.4. The van der Waals surface area contributed by atoms with Crippen LogP contribution in [0.25, 0.3) is 0 Å². The van der Waals surface area contributed by atoms with Crippen LogP contribution in [-0.4, -0.2) is 79.9 Å². The average Bonchev–Trinajstić information content (AvgIpc) is 3.12. The van der Waals surface area contributed by atoms with E-state index in [2.05, 4.69) is 5.32 Å². The van der Waals surface area contributed by atoms with Gasteiger partial charge in [0, 0.05) is 54.2 Å². The van der Waals surface area contributed by atoms with E-state index in [0.717, 1.165) is 38.8 Å². The van der Waals surface area contributed by atoms with Gasteiger partial charge in [0.15, 0.2) is 0 Å². The van der Waals surface area contributed by atoms with Gasteiger partial charge >= 0.3 is 6.03 Å². The lowest BCUT2D eigenvalue weighted by Crippen LogP contribution is -2.50. The number of nitrogens with one attached hydrogen (secondary N) is 1. The number of piperidine rings is 1. The monoisotopic (exact) mass is 350 g/mol. The van der Waals surface area contributed by atoms with Crippen LogP contribution in [0.1, 0.15) is 32.6 Å². The summed E-state index contributed by atoms with van der Waals surface area (Å²) in [5, 5.41) is 2.70. The second-order valence-electron chi connectivity index (χ2n) is 8.21. The first-order valence-electron chi connectivity index (χ1n) is 9.20. The first-order chi connectivity index (χ1) is 11.8. The molecule has 0 aromatic carbocycles. The van der Waals surface area contributed by atoms with E-state index in [1.807, 2.05) is 23.9 Å². The molecule has 0 bridgehead atoms. The van der Waals surface area contributed by atoms with Crippen LogP contribution < -0.4 is 5.32 Å². The van der Waals surface area contributed by atoms with Crippen molar-refractivity contribution in [3.63, 3.8) is 0 Å². The SMILES string of the molecule is CNC(=O)N1CCC2(CC1)CC[C@]1(C(=O)N(C)C)CN(C(C)=O)C[C@H]21. The van der Waals surface area contributed by atoms with Crippen molar-refractivity contribution in [1.29, 1.82) is 0 Å². The smallest absolute Gasteiger partial charge is 0.317 e. The van der Waals surface area contributed by atoms with Gasteiger partial charge in [-0.3, -0.25) is 9.59 Å². The van der Waals surface area contributed by atoms with Crippen LogP contribution in [0.5, 0.6) is 0 Å². The predicted octanol–water partition coefficient (Wildman–Crippen LogP) is 0.755. The topological polar surface area (TPSA) is 73.0 Å². The lowest BCUT2D eigenvalue weighted by atomic mass is 9.65. The quantitative estimate of drug-likeness (QED) is 0.759. The van der Waals surface area contributed by atoms with E-state index in [0.29, 0.717) is 13.1 Å². The molecule has 0 unspecified atom stereocenters. The number of rotatable bonds is 1. The van der Waals surface area contributed by atoms with Gasteiger partial charge in [-0.15, -0.1) is 0 Å². The standard InChI is InChI=1S/C18H30N4O3/c1-13(23)22-11-14-17(7-9-21(10-8-17)16(25)19-2)5-6-18(14,12-22)15(24)20(3)4/h14H,5-12H2,1-4H3,(H,19,25)/t14-,18+/m1/s1. The highest BCUT2D eigenvalue weighted by atomic mass is 16.2. The van der Waals surface area contributed by atoms with E-state index < -0.39 is 5.41 Å². The maximum atomic E-state index is 13.1. The summed E-state index contributed by atoms with van der Waals surface area (Å²) in [6.45, 7) is 4.26. The Hall–Kier alpha value is -1.79. The molecule has 0 radical (unpaired) electrons. The van der Waals surface area contributed by atoms with E-state index in [1.54, 1.807) is 18.9 Å². The van der Waals surface area contributed by atoms with Gasteiger partial charge in [0.05, 0.1) is 5.41 Å². The third kappa shape index (κ3) is 2.68. The normalized spacial score (nSPS) is 30.3. The number of carbonyl (C=O) groups excluding carboxylic acids is 3. The van der Waals surface area contributed by atoms with Gasteiger partial charge in [0.25, 0.3) is 0 Å². The van der Waals surface area contributed by atoms with Crippen molar-refractivity contribution < 1.29 is 14.4 Å². The minimum Gasteiger partial charge on any atom is -0.348 e. The summed E-state index contributed by atoms with van der Waals surface area (Å²) in [7, 11) is 5.28. The number of fused-ring (bicyclic) bond motifs is 2. The lowest BCUT2D eigenvalue weighted by molar-refractivity contribution is -0.141. The van der Waals surface area contributed by atoms with E-state index in [4.69, 9.17) is 0 Å². The molecule has 7 heteroatoms. The van der Waals surface area contributed by atoms with Gasteiger partial charge in [0.2, 0.25) is 11.8 Å². The third-order valence-corrected chi connectivity index (χ3v) is 6.89. The predicted molar refractivity (Wildman–Crippen MR) is 93.8 cm³/mol. The summed E-state index contributed by atoms with van der Waals surface area (Å²) in [6, 6.07) is -0.0275. The summed E-state index contributed by atoms with van der Waals surface area (Å²) < 4.78 is 0. The second-order valence-corrected chi connectivity index (χ2v) is 8.21. The Morgan fingerprint density at radius 1 is 1.04 bits per heavy atom. The molecule has 2 atom stereocenters. The van der Waals surface area contributed by atoms with Crippen molar-refractivity contribution >= 4 is 17.8 Å². The average molecular weight is 350 g/mol. The first-order valence-corrected chi connectivity index (χ1v) is 9.20. The van der Waals surface area contributed by atoms with Crippen LogP contribution in [0.3, 0.4) is 0 Å². The Morgan fingerprint density at radius 2 is 1.68 bits per heavy atom. The molecule has 7 nitrogen and oxygen atoms in total. The van der Waals surface area contributed by atoms with Crippen LogP contribution >= 0.6 is 0 Å².